The molecule has 0 N–H and O–H groups in total. The van der Waals surface area contributed by atoms with Gasteiger partial charge in [0.1, 0.15) is 11.2 Å². The van der Waals surface area contributed by atoms with E-state index >= 15 is 0 Å². The van der Waals surface area contributed by atoms with E-state index in [4.69, 9.17) is 4.42 Å². The normalized spacial score (nSPS) is 11.3. The van der Waals surface area contributed by atoms with Crippen LogP contribution in [-0.2, 0) is 0 Å². The summed E-state index contributed by atoms with van der Waals surface area (Å²) in [6.07, 6.45) is 0. The zero-order chi connectivity index (χ0) is 17.5. The summed E-state index contributed by atoms with van der Waals surface area (Å²) in [5, 5.41) is 2.36. The highest BCUT2D eigenvalue weighted by Gasteiger charge is 2.13. The van der Waals surface area contributed by atoms with Gasteiger partial charge in [0, 0.05) is 10.8 Å². The summed E-state index contributed by atoms with van der Waals surface area (Å²) in [7, 11) is 0. The van der Waals surface area contributed by atoms with Gasteiger partial charge < -0.3 is 4.42 Å². The molecule has 1 nitrogen and oxygen atoms in total. The Balaban J connectivity index is 1.80. The molecule has 1 aromatic heterocycles. The van der Waals surface area contributed by atoms with E-state index in [-0.39, 0.29) is 0 Å². The van der Waals surface area contributed by atoms with Crippen LogP contribution >= 0.6 is 0 Å². The minimum absolute atomic E-state index is 0.936. The number of rotatable bonds is 2. The van der Waals surface area contributed by atoms with Crippen molar-refractivity contribution in [1.82, 2.24) is 0 Å². The minimum atomic E-state index is 0.936. The summed E-state index contributed by atoms with van der Waals surface area (Å²) in [5.41, 5.74) is 8.05. The fourth-order valence-electron chi connectivity index (χ4n) is 3.75. The maximum atomic E-state index is 6.06. The average Bonchev–Trinajstić information content (AvgIpc) is 3.07. The molecular formula is C25H18O. The van der Waals surface area contributed by atoms with Crippen LogP contribution in [0.25, 0.3) is 44.2 Å². The van der Waals surface area contributed by atoms with E-state index in [9.17, 15) is 0 Å². The Hall–Kier alpha value is -3.32. The van der Waals surface area contributed by atoms with Crippen molar-refractivity contribution >= 4 is 21.9 Å². The van der Waals surface area contributed by atoms with E-state index < -0.39 is 0 Å². The van der Waals surface area contributed by atoms with Crippen molar-refractivity contribution in [3.8, 4) is 22.3 Å². The number of aryl methyl sites for hydroxylation is 1. The number of furan rings is 1. The quantitative estimate of drug-likeness (QED) is 0.332. The molecule has 124 valence electrons. The molecule has 0 radical (unpaired) electrons. The molecule has 0 aliphatic rings. The van der Waals surface area contributed by atoms with Crippen LogP contribution in [0.3, 0.4) is 0 Å². The molecule has 0 fully saturated rings. The van der Waals surface area contributed by atoms with Crippen molar-refractivity contribution in [3.05, 3.63) is 96.6 Å². The number of para-hydroxylation sites is 1. The Labute approximate surface area is 152 Å². The Morgan fingerprint density at radius 2 is 1.31 bits per heavy atom. The molecule has 0 aliphatic carbocycles. The second-order valence-corrected chi connectivity index (χ2v) is 6.73. The van der Waals surface area contributed by atoms with Gasteiger partial charge in [-0.25, -0.2) is 0 Å². The lowest BCUT2D eigenvalue weighted by Gasteiger charge is -2.09. The minimum Gasteiger partial charge on any atom is -0.456 e. The van der Waals surface area contributed by atoms with E-state index in [1.807, 2.05) is 18.2 Å². The van der Waals surface area contributed by atoms with Crippen LogP contribution in [-0.4, -0.2) is 0 Å². The molecule has 0 spiro atoms. The van der Waals surface area contributed by atoms with Gasteiger partial charge in [-0.15, -0.1) is 0 Å². The van der Waals surface area contributed by atoms with Gasteiger partial charge in [0.2, 0.25) is 0 Å². The van der Waals surface area contributed by atoms with Crippen LogP contribution in [0, 0.1) is 6.92 Å². The molecule has 5 aromatic rings. The molecule has 1 heterocycles. The SMILES string of the molecule is Cc1cc(-c2ccccc2)cc(-c2cccc3oc4ccccc4c23)c1. The predicted octanol–water partition coefficient (Wildman–Crippen LogP) is 7.23. The third-order valence-electron chi connectivity index (χ3n) is 4.90. The summed E-state index contributed by atoms with van der Waals surface area (Å²) in [6.45, 7) is 2.16. The fourth-order valence-corrected chi connectivity index (χ4v) is 3.75. The van der Waals surface area contributed by atoms with Gasteiger partial charge in [-0.3, -0.25) is 0 Å². The van der Waals surface area contributed by atoms with E-state index in [0.29, 0.717) is 0 Å². The van der Waals surface area contributed by atoms with Crippen LogP contribution in [0.5, 0.6) is 0 Å². The molecule has 0 aliphatic heterocycles. The maximum Gasteiger partial charge on any atom is 0.136 e. The number of benzene rings is 4. The summed E-state index contributed by atoms with van der Waals surface area (Å²) in [6, 6.07) is 31.9. The molecule has 0 saturated heterocycles. The number of fused-ring (bicyclic) bond motifs is 3. The smallest absolute Gasteiger partial charge is 0.136 e. The van der Waals surface area contributed by atoms with Crippen molar-refractivity contribution in [1.29, 1.82) is 0 Å². The summed E-state index contributed by atoms with van der Waals surface area (Å²) in [5.74, 6) is 0. The van der Waals surface area contributed by atoms with Crippen molar-refractivity contribution in [3.63, 3.8) is 0 Å². The molecule has 0 bridgehead atoms. The van der Waals surface area contributed by atoms with Crippen LogP contribution in [0.1, 0.15) is 5.56 Å². The number of hydrogen-bond donors (Lipinski definition) is 0. The average molecular weight is 334 g/mol. The monoisotopic (exact) mass is 334 g/mol. The summed E-state index contributed by atoms with van der Waals surface area (Å²) < 4.78 is 6.06. The maximum absolute atomic E-state index is 6.06. The lowest BCUT2D eigenvalue weighted by Crippen LogP contribution is -1.85. The summed E-state index contributed by atoms with van der Waals surface area (Å²) >= 11 is 0. The molecule has 0 amide bonds. The van der Waals surface area contributed by atoms with Gasteiger partial charge in [-0.1, -0.05) is 72.8 Å². The Morgan fingerprint density at radius 1 is 0.577 bits per heavy atom. The van der Waals surface area contributed by atoms with Crippen molar-refractivity contribution in [2.45, 2.75) is 6.92 Å². The van der Waals surface area contributed by atoms with Crippen LogP contribution in [0.4, 0.5) is 0 Å². The molecule has 5 rings (SSSR count). The van der Waals surface area contributed by atoms with Crippen molar-refractivity contribution in [2.24, 2.45) is 0 Å². The van der Waals surface area contributed by atoms with Crippen LogP contribution in [0.2, 0.25) is 0 Å². The highest BCUT2D eigenvalue weighted by Crippen LogP contribution is 2.38. The molecule has 1 heteroatoms. The van der Waals surface area contributed by atoms with Gasteiger partial charge in [-0.2, -0.15) is 0 Å². The standard InChI is InChI=1S/C25H18O/c1-17-14-19(18-8-3-2-4-9-18)16-20(15-17)21-11-7-13-24-25(21)22-10-5-6-12-23(22)26-24/h2-16H,1H3. The third kappa shape index (κ3) is 2.41. The molecule has 0 atom stereocenters. The molecule has 26 heavy (non-hydrogen) atoms. The second kappa shape index (κ2) is 5.89. The van der Waals surface area contributed by atoms with Crippen molar-refractivity contribution < 1.29 is 4.42 Å². The highest BCUT2D eigenvalue weighted by molar-refractivity contribution is 6.12. The topological polar surface area (TPSA) is 13.1 Å². The lowest BCUT2D eigenvalue weighted by molar-refractivity contribution is 0.669. The first-order valence-electron chi connectivity index (χ1n) is 8.87. The first-order chi connectivity index (χ1) is 12.8. The zero-order valence-electron chi connectivity index (χ0n) is 14.6. The van der Waals surface area contributed by atoms with E-state index in [2.05, 4.69) is 79.7 Å². The van der Waals surface area contributed by atoms with E-state index in [0.717, 1.165) is 11.2 Å². The van der Waals surface area contributed by atoms with Gasteiger partial charge in [0.15, 0.2) is 0 Å². The molecule has 0 saturated carbocycles. The zero-order valence-corrected chi connectivity index (χ0v) is 14.6. The Bertz CT molecular complexity index is 1230. The van der Waals surface area contributed by atoms with Gasteiger partial charge in [0.25, 0.3) is 0 Å². The van der Waals surface area contributed by atoms with Crippen LogP contribution in [0.15, 0.2) is 95.4 Å². The Kier molecular flexibility index (Phi) is 3.39. The molecular weight excluding hydrogens is 316 g/mol. The van der Waals surface area contributed by atoms with Crippen LogP contribution < -0.4 is 0 Å². The molecule has 4 aromatic carbocycles. The predicted molar refractivity (Wildman–Crippen MR) is 109 cm³/mol. The van der Waals surface area contributed by atoms with Gasteiger partial charge in [-0.05, 0) is 52.9 Å². The third-order valence-corrected chi connectivity index (χ3v) is 4.90. The second-order valence-electron chi connectivity index (χ2n) is 6.73. The van der Waals surface area contributed by atoms with Gasteiger partial charge in [0.05, 0.1) is 0 Å². The van der Waals surface area contributed by atoms with Crippen molar-refractivity contribution in [2.75, 3.05) is 0 Å². The fraction of sp³-hybridized carbons (Fsp3) is 0.0400. The lowest BCUT2D eigenvalue weighted by atomic mass is 9.94. The Morgan fingerprint density at radius 3 is 2.19 bits per heavy atom. The molecule has 0 unspecified atom stereocenters. The van der Waals surface area contributed by atoms with E-state index in [1.165, 1.54) is 38.6 Å². The highest BCUT2D eigenvalue weighted by atomic mass is 16.3. The largest absolute Gasteiger partial charge is 0.456 e. The van der Waals surface area contributed by atoms with E-state index in [1.54, 1.807) is 0 Å². The first kappa shape index (κ1) is 15.0. The number of hydrogen-bond acceptors (Lipinski definition) is 1. The first-order valence-corrected chi connectivity index (χ1v) is 8.87. The summed E-state index contributed by atoms with van der Waals surface area (Å²) in [4.78, 5) is 0. The van der Waals surface area contributed by atoms with Gasteiger partial charge >= 0.3 is 0 Å².